The van der Waals surface area contributed by atoms with Crippen molar-refractivity contribution in [3.63, 3.8) is 0 Å². The van der Waals surface area contributed by atoms with Crippen molar-refractivity contribution in [1.82, 2.24) is 20.9 Å². The number of carbonyl (C=O) groups is 4. The van der Waals surface area contributed by atoms with Gasteiger partial charge in [0.15, 0.2) is 5.78 Å². The number of halogens is 1. The van der Waals surface area contributed by atoms with E-state index in [1.807, 2.05) is 6.07 Å². The van der Waals surface area contributed by atoms with Gasteiger partial charge in [0.2, 0.25) is 11.8 Å². The first kappa shape index (κ1) is 31.3. The van der Waals surface area contributed by atoms with Gasteiger partial charge in [-0.05, 0) is 25.8 Å². The van der Waals surface area contributed by atoms with Crippen LogP contribution in [0.3, 0.4) is 0 Å². The van der Waals surface area contributed by atoms with Gasteiger partial charge in [0.1, 0.15) is 22.6 Å². The minimum Gasteiger partial charge on any atom is -0.382 e. The Hall–Kier alpha value is -2.90. The molecule has 11 nitrogen and oxygen atoms in total. The number of alkyl halides is 1. The summed E-state index contributed by atoms with van der Waals surface area (Å²) >= 11 is 6.96. The summed E-state index contributed by atoms with van der Waals surface area (Å²) in [6, 6.07) is 5.44. The van der Waals surface area contributed by atoms with E-state index in [0.29, 0.717) is 9.88 Å². The molecule has 0 aliphatic rings. The molecule has 0 radical (unpaired) electrons. The maximum Gasteiger partial charge on any atom is 0.263 e. The van der Waals surface area contributed by atoms with E-state index in [-0.39, 0.29) is 25.5 Å². The molecule has 0 bridgehead atoms. The summed E-state index contributed by atoms with van der Waals surface area (Å²) in [5, 5.41) is 18.9. The number of methoxy groups -OCH3 is 2. The molecule has 0 unspecified atom stereocenters. The molecule has 3 amide bonds. The minimum atomic E-state index is -1.89. The third kappa shape index (κ3) is 9.14. The fraction of sp³-hybridized carbons (Fsp3) is 0.480. The van der Waals surface area contributed by atoms with Crippen molar-refractivity contribution < 1.29 is 33.8 Å². The largest absolute Gasteiger partial charge is 0.382 e. The number of rotatable bonds is 15. The Balaban J connectivity index is 2.18. The number of aliphatic hydroxyl groups is 1. The van der Waals surface area contributed by atoms with Gasteiger partial charge < -0.3 is 30.5 Å². The molecule has 0 fully saturated rings. The Morgan fingerprint density at radius 1 is 1.00 bits per heavy atom. The molecule has 0 spiro atoms. The van der Waals surface area contributed by atoms with Gasteiger partial charge in [0, 0.05) is 14.2 Å². The summed E-state index contributed by atoms with van der Waals surface area (Å²) in [6.45, 7) is 2.63. The second-order valence-corrected chi connectivity index (χ2v) is 10.3. The molecule has 1 aromatic heterocycles. The van der Waals surface area contributed by atoms with Crippen molar-refractivity contribution in [2.75, 3.05) is 33.3 Å². The number of nitrogens with one attached hydrogen (secondary N) is 3. The summed E-state index contributed by atoms with van der Waals surface area (Å²) in [5.74, 6) is -2.99. The summed E-state index contributed by atoms with van der Waals surface area (Å²) < 4.78 is 10.2. The van der Waals surface area contributed by atoms with Crippen LogP contribution in [0.1, 0.15) is 27.2 Å². The van der Waals surface area contributed by atoms with Crippen LogP contribution in [0.25, 0.3) is 0 Å². The number of hydrogen-bond donors (Lipinski definition) is 4. The van der Waals surface area contributed by atoms with Crippen LogP contribution >= 0.6 is 22.9 Å². The van der Waals surface area contributed by atoms with E-state index in [9.17, 15) is 24.3 Å². The van der Waals surface area contributed by atoms with Gasteiger partial charge >= 0.3 is 0 Å². The summed E-state index contributed by atoms with van der Waals surface area (Å²) in [6.07, 6.45) is 1.49. The van der Waals surface area contributed by atoms with Crippen LogP contribution in [-0.4, -0.2) is 90.6 Å². The number of hydrogen-bond acceptors (Lipinski definition) is 9. The van der Waals surface area contributed by atoms with Crippen LogP contribution < -0.4 is 16.0 Å². The summed E-state index contributed by atoms with van der Waals surface area (Å²) in [4.78, 5) is 56.2. The SMILES string of the molecule is COC[C@H](NC(=O)c1cnc(C)s1)C(=O)N[C@@H](COC)C(=O)N[C@@H](Cc1ccccc1)C(=O)[C@](C)(O)CCl. The zero-order valence-corrected chi connectivity index (χ0v) is 23.2. The van der Waals surface area contributed by atoms with Crippen LogP contribution in [0.4, 0.5) is 0 Å². The van der Waals surface area contributed by atoms with Crippen molar-refractivity contribution in [2.45, 2.75) is 44.0 Å². The molecule has 208 valence electrons. The monoisotopic (exact) mass is 568 g/mol. The fourth-order valence-electron chi connectivity index (χ4n) is 3.44. The first-order valence-electron chi connectivity index (χ1n) is 11.7. The number of Topliss-reactive ketones (excluding diaryl/α,β-unsaturated/α-hetero) is 1. The molecule has 2 rings (SSSR count). The van der Waals surface area contributed by atoms with Crippen LogP contribution in [0.15, 0.2) is 36.5 Å². The predicted octanol–water partition coefficient (Wildman–Crippen LogP) is 0.614. The summed E-state index contributed by atoms with van der Waals surface area (Å²) in [7, 11) is 2.71. The highest BCUT2D eigenvalue weighted by Gasteiger charge is 2.37. The number of ketones is 1. The number of aromatic nitrogens is 1. The normalized spacial score (nSPS) is 15.0. The van der Waals surface area contributed by atoms with Crippen molar-refractivity contribution >= 4 is 46.4 Å². The van der Waals surface area contributed by atoms with Gasteiger partial charge in [-0.15, -0.1) is 22.9 Å². The Morgan fingerprint density at radius 2 is 1.55 bits per heavy atom. The standard InChI is InChI=1S/C25H33ClN4O7S/c1-15-27-11-20(38-15)24(34)30-19(13-37-4)23(33)29-18(12-36-3)22(32)28-17(21(31)25(2,35)14-26)10-16-8-6-5-7-9-16/h5-9,11,17-19,35H,10,12-14H2,1-4H3,(H,28,32)(H,29,33)(H,30,34)/t17-,18-,19-,25+/m0/s1. The number of benzene rings is 1. The van der Waals surface area contributed by atoms with E-state index >= 15 is 0 Å². The number of carbonyl (C=O) groups excluding carboxylic acids is 4. The smallest absolute Gasteiger partial charge is 0.263 e. The van der Waals surface area contributed by atoms with Gasteiger partial charge in [-0.3, -0.25) is 19.2 Å². The fourth-order valence-corrected chi connectivity index (χ4v) is 4.25. The first-order chi connectivity index (χ1) is 18.0. The molecular formula is C25H33ClN4O7S. The highest BCUT2D eigenvalue weighted by Crippen LogP contribution is 2.15. The lowest BCUT2D eigenvalue weighted by Gasteiger charge is -2.28. The third-order valence-electron chi connectivity index (χ3n) is 5.47. The Morgan fingerprint density at radius 3 is 2.05 bits per heavy atom. The number of aryl methyl sites for hydroxylation is 1. The van der Waals surface area contributed by atoms with E-state index in [4.69, 9.17) is 21.1 Å². The second-order valence-electron chi connectivity index (χ2n) is 8.76. The predicted molar refractivity (Wildman–Crippen MR) is 142 cm³/mol. The van der Waals surface area contributed by atoms with Gasteiger partial charge in [0.25, 0.3) is 5.91 Å². The van der Waals surface area contributed by atoms with Crippen molar-refractivity contribution in [3.8, 4) is 0 Å². The van der Waals surface area contributed by atoms with Crippen LogP contribution in [0.2, 0.25) is 0 Å². The van der Waals surface area contributed by atoms with E-state index in [1.165, 1.54) is 38.7 Å². The molecule has 0 aliphatic carbocycles. The zero-order valence-electron chi connectivity index (χ0n) is 21.7. The van der Waals surface area contributed by atoms with E-state index in [0.717, 1.165) is 5.56 Å². The topological polar surface area (TPSA) is 156 Å². The summed E-state index contributed by atoms with van der Waals surface area (Å²) in [5.41, 5.74) is -1.15. The maximum atomic E-state index is 13.2. The lowest BCUT2D eigenvalue weighted by atomic mass is 9.92. The molecule has 0 saturated heterocycles. The average molecular weight is 569 g/mol. The minimum absolute atomic E-state index is 0.0860. The van der Waals surface area contributed by atoms with Crippen LogP contribution in [0, 0.1) is 6.92 Å². The number of amides is 3. The molecule has 0 saturated carbocycles. The average Bonchev–Trinajstić information content (AvgIpc) is 3.34. The van der Waals surface area contributed by atoms with Crippen molar-refractivity contribution in [1.29, 1.82) is 0 Å². The van der Waals surface area contributed by atoms with Gasteiger partial charge in [-0.2, -0.15) is 0 Å². The van der Waals surface area contributed by atoms with E-state index in [1.54, 1.807) is 31.2 Å². The molecule has 4 atom stereocenters. The molecule has 4 N–H and O–H groups in total. The highest BCUT2D eigenvalue weighted by molar-refractivity contribution is 7.13. The van der Waals surface area contributed by atoms with Crippen molar-refractivity contribution in [2.24, 2.45) is 0 Å². The van der Waals surface area contributed by atoms with Crippen molar-refractivity contribution in [3.05, 3.63) is 52.0 Å². The van der Waals surface area contributed by atoms with Crippen LogP contribution in [-0.2, 0) is 30.3 Å². The Labute approximate surface area is 230 Å². The van der Waals surface area contributed by atoms with Gasteiger partial charge in [0.05, 0.1) is 36.3 Å². The third-order valence-corrected chi connectivity index (χ3v) is 6.91. The Bertz CT molecular complexity index is 1100. The Kier molecular flexibility index (Phi) is 12.3. The number of thiazole rings is 1. The van der Waals surface area contributed by atoms with E-state index < -0.39 is 47.2 Å². The number of ether oxygens (including phenoxy) is 2. The molecule has 0 aliphatic heterocycles. The zero-order chi connectivity index (χ0) is 28.3. The highest BCUT2D eigenvalue weighted by atomic mass is 35.5. The van der Waals surface area contributed by atoms with E-state index in [2.05, 4.69) is 20.9 Å². The second kappa shape index (κ2) is 14.9. The molecule has 38 heavy (non-hydrogen) atoms. The molecule has 1 heterocycles. The lowest BCUT2D eigenvalue weighted by Crippen LogP contribution is -2.60. The molecule has 13 heteroatoms. The molecular weight excluding hydrogens is 536 g/mol. The maximum absolute atomic E-state index is 13.2. The van der Waals surface area contributed by atoms with Gasteiger partial charge in [-0.25, -0.2) is 4.98 Å². The van der Waals surface area contributed by atoms with Gasteiger partial charge in [-0.1, -0.05) is 30.3 Å². The quantitative estimate of drug-likeness (QED) is 0.228. The van der Waals surface area contributed by atoms with Crippen LogP contribution in [0.5, 0.6) is 0 Å². The number of nitrogens with zero attached hydrogens (tertiary/aromatic N) is 1. The molecule has 1 aromatic carbocycles. The first-order valence-corrected chi connectivity index (χ1v) is 13.1. The lowest BCUT2D eigenvalue weighted by molar-refractivity contribution is -0.139. The molecule has 2 aromatic rings.